The molecule has 0 aromatic heterocycles. The van der Waals surface area contributed by atoms with Gasteiger partial charge in [-0.25, -0.2) is 4.79 Å². The van der Waals surface area contributed by atoms with Crippen molar-refractivity contribution in [2.75, 3.05) is 12.4 Å². The highest BCUT2D eigenvalue weighted by molar-refractivity contribution is 5.99. The molecule has 3 aromatic carbocycles. The van der Waals surface area contributed by atoms with E-state index in [1.807, 2.05) is 61.5 Å². The zero-order valence-corrected chi connectivity index (χ0v) is 28.6. The summed E-state index contributed by atoms with van der Waals surface area (Å²) in [4.78, 5) is 44.0. The van der Waals surface area contributed by atoms with E-state index in [-0.39, 0.29) is 24.3 Å². The van der Waals surface area contributed by atoms with Crippen molar-refractivity contribution >= 4 is 23.6 Å². The molecule has 3 unspecified atom stereocenters. The fourth-order valence-corrected chi connectivity index (χ4v) is 5.25. The van der Waals surface area contributed by atoms with E-state index in [0.717, 1.165) is 24.0 Å². The summed E-state index contributed by atoms with van der Waals surface area (Å²) in [5.74, 6) is 0.353. The standard InChI is InChI=1S/C38H51N3O5/c1-9-28-17-19-30(20-18-28)34(35(42)39-31-21-23-32(45-8)24-22-31)41(27(4)16-15-26(2)3)36(43)33(25-29-13-11-10-12-14-29)40-37(44)46-38(5,6)7/h10-14,17-24,26-27,33-34H,9,15-16,25H2,1-8H3,(H,39,42)(H,40,44). The Balaban J connectivity index is 2.12. The van der Waals surface area contributed by atoms with Crippen LogP contribution in [-0.4, -0.2) is 47.6 Å². The molecule has 3 aromatic rings. The predicted molar refractivity (Wildman–Crippen MR) is 184 cm³/mol. The third-order valence-electron chi connectivity index (χ3n) is 7.75. The summed E-state index contributed by atoms with van der Waals surface area (Å²) in [6.07, 6.45) is 1.91. The number of anilines is 1. The Morgan fingerprint density at radius 2 is 1.46 bits per heavy atom. The number of benzene rings is 3. The number of nitrogens with zero attached hydrogens (tertiary/aromatic N) is 1. The molecule has 0 saturated heterocycles. The quantitative estimate of drug-likeness (QED) is 0.190. The Kier molecular flexibility index (Phi) is 13.2. The lowest BCUT2D eigenvalue weighted by molar-refractivity contribution is -0.143. The van der Waals surface area contributed by atoms with Crippen LogP contribution in [0.15, 0.2) is 78.9 Å². The molecule has 3 rings (SSSR count). The Morgan fingerprint density at radius 1 is 0.826 bits per heavy atom. The van der Waals surface area contributed by atoms with Crippen LogP contribution in [0.2, 0.25) is 0 Å². The van der Waals surface area contributed by atoms with E-state index in [1.54, 1.807) is 57.0 Å². The summed E-state index contributed by atoms with van der Waals surface area (Å²) in [5.41, 5.74) is 2.51. The van der Waals surface area contributed by atoms with E-state index in [9.17, 15) is 14.4 Å². The number of ether oxygens (including phenoxy) is 2. The van der Waals surface area contributed by atoms with Crippen molar-refractivity contribution in [2.24, 2.45) is 5.92 Å². The zero-order valence-electron chi connectivity index (χ0n) is 28.6. The van der Waals surface area contributed by atoms with Crippen molar-refractivity contribution in [2.45, 2.75) is 97.9 Å². The van der Waals surface area contributed by atoms with E-state index in [4.69, 9.17) is 9.47 Å². The van der Waals surface area contributed by atoms with Crippen molar-refractivity contribution in [3.05, 3.63) is 95.6 Å². The van der Waals surface area contributed by atoms with Crippen molar-refractivity contribution in [1.29, 1.82) is 0 Å². The molecule has 0 aliphatic rings. The molecule has 0 aliphatic heterocycles. The third-order valence-corrected chi connectivity index (χ3v) is 7.75. The van der Waals surface area contributed by atoms with Gasteiger partial charge in [0, 0.05) is 18.2 Å². The average Bonchev–Trinajstić information content (AvgIpc) is 3.01. The molecule has 0 heterocycles. The second kappa shape index (κ2) is 16.8. The van der Waals surface area contributed by atoms with Crippen molar-refractivity contribution in [3.63, 3.8) is 0 Å². The second-order valence-electron chi connectivity index (χ2n) is 13.2. The van der Waals surface area contributed by atoms with E-state index in [0.29, 0.717) is 29.3 Å². The van der Waals surface area contributed by atoms with Crippen LogP contribution >= 0.6 is 0 Å². The Hall–Kier alpha value is -4.33. The van der Waals surface area contributed by atoms with Gasteiger partial charge in [-0.05, 0) is 93.8 Å². The van der Waals surface area contributed by atoms with Gasteiger partial charge in [0.25, 0.3) is 5.91 Å². The monoisotopic (exact) mass is 629 g/mol. The normalized spacial score (nSPS) is 13.3. The van der Waals surface area contributed by atoms with Gasteiger partial charge >= 0.3 is 6.09 Å². The Labute approximate surface area is 274 Å². The SMILES string of the molecule is CCc1ccc(C(C(=O)Nc2ccc(OC)cc2)N(C(=O)C(Cc2ccccc2)NC(=O)OC(C)(C)C)C(C)CCC(C)C)cc1. The fourth-order valence-electron chi connectivity index (χ4n) is 5.25. The van der Waals surface area contributed by atoms with Crippen LogP contribution in [0.5, 0.6) is 5.75 Å². The number of carbonyl (C=O) groups is 3. The number of aryl methyl sites for hydroxylation is 1. The molecule has 8 heteroatoms. The number of nitrogens with one attached hydrogen (secondary N) is 2. The maximum Gasteiger partial charge on any atom is 0.408 e. The minimum absolute atomic E-state index is 0.230. The van der Waals surface area contributed by atoms with Crippen LogP contribution in [0.3, 0.4) is 0 Å². The van der Waals surface area contributed by atoms with Crippen LogP contribution in [0.1, 0.15) is 84.0 Å². The molecule has 0 saturated carbocycles. The summed E-state index contributed by atoms with van der Waals surface area (Å²) in [6.45, 7) is 13.7. The summed E-state index contributed by atoms with van der Waals surface area (Å²) in [7, 11) is 1.59. The molecule has 0 bridgehead atoms. The highest BCUT2D eigenvalue weighted by Gasteiger charge is 2.39. The summed E-state index contributed by atoms with van der Waals surface area (Å²) < 4.78 is 10.9. The average molecular weight is 630 g/mol. The van der Waals surface area contributed by atoms with Gasteiger partial charge in [0.2, 0.25) is 5.91 Å². The number of alkyl carbamates (subject to hydrolysis) is 1. The van der Waals surface area contributed by atoms with Crippen LogP contribution < -0.4 is 15.4 Å². The maximum atomic E-state index is 14.9. The molecule has 0 aliphatic carbocycles. The first-order valence-corrected chi connectivity index (χ1v) is 16.2. The number of hydrogen-bond acceptors (Lipinski definition) is 5. The fraction of sp³-hybridized carbons (Fsp3) is 0.447. The Morgan fingerprint density at radius 3 is 2.00 bits per heavy atom. The highest BCUT2D eigenvalue weighted by atomic mass is 16.6. The van der Waals surface area contributed by atoms with E-state index >= 15 is 0 Å². The first-order chi connectivity index (χ1) is 21.8. The second-order valence-corrected chi connectivity index (χ2v) is 13.2. The molecule has 0 radical (unpaired) electrons. The molecular formula is C38H51N3O5. The molecule has 2 N–H and O–H groups in total. The van der Waals surface area contributed by atoms with Crippen molar-refractivity contribution in [3.8, 4) is 5.75 Å². The molecule has 248 valence electrons. The summed E-state index contributed by atoms with van der Waals surface area (Å²) >= 11 is 0. The highest BCUT2D eigenvalue weighted by Crippen LogP contribution is 2.30. The van der Waals surface area contributed by atoms with Gasteiger partial charge in [-0.3, -0.25) is 9.59 Å². The molecule has 0 spiro atoms. The first-order valence-electron chi connectivity index (χ1n) is 16.2. The minimum atomic E-state index is -0.982. The number of amides is 3. The number of rotatable bonds is 14. The minimum Gasteiger partial charge on any atom is -0.497 e. The van der Waals surface area contributed by atoms with Gasteiger partial charge in [0.15, 0.2) is 0 Å². The van der Waals surface area contributed by atoms with E-state index in [1.165, 1.54) is 0 Å². The maximum absolute atomic E-state index is 14.9. The lowest BCUT2D eigenvalue weighted by atomic mass is 9.95. The predicted octanol–water partition coefficient (Wildman–Crippen LogP) is 7.73. The third kappa shape index (κ3) is 10.9. The van der Waals surface area contributed by atoms with Crippen LogP contribution in [-0.2, 0) is 27.2 Å². The van der Waals surface area contributed by atoms with Crippen LogP contribution in [0.4, 0.5) is 10.5 Å². The molecule has 0 fully saturated rings. The molecule has 8 nitrogen and oxygen atoms in total. The Bertz CT molecular complexity index is 1400. The van der Waals surface area contributed by atoms with Crippen LogP contribution in [0.25, 0.3) is 0 Å². The number of carbonyl (C=O) groups excluding carboxylic acids is 3. The van der Waals surface area contributed by atoms with E-state index in [2.05, 4.69) is 31.4 Å². The largest absolute Gasteiger partial charge is 0.497 e. The summed E-state index contributed by atoms with van der Waals surface area (Å²) in [6, 6.07) is 22.2. The number of methoxy groups -OCH3 is 1. The lowest BCUT2D eigenvalue weighted by Gasteiger charge is -2.39. The molecular weight excluding hydrogens is 578 g/mol. The number of hydrogen-bond donors (Lipinski definition) is 2. The van der Waals surface area contributed by atoms with Gasteiger partial charge in [-0.1, -0.05) is 75.4 Å². The van der Waals surface area contributed by atoms with Gasteiger partial charge in [0.1, 0.15) is 23.4 Å². The van der Waals surface area contributed by atoms with Gasteiger partial charge in [0.05, 0.1) is 7.11 Å². The van der Waals surface area contributed by atoms with E-state index < -0.39 is 23.8 Å². The van der Waals surface area contributed by atoms with Crippen molar-refractivity contribution < 1.29 is 23.9 Å². The summed E-state index contributed by atoms with van der Waals surface area (Å²) in [5, 5.41) is 5.89. The van der Waals surface area contributed by atoms with Gasteiger partial charge < -0.3 is 25.0 Å². The lowest BCUT2D eigenvalue weighted by Crippen LogP contribution is -2.55. The first kappa shape index (κ1) is 36.1. The van der Waals surface area contributed by atoms with Crippen molar-refractivity contribution in [1.82, 2.24) is 10.2 Å². The molecule has 46 heavy (non-hydrogen) atoms. The smallest absolute Gasteiger partial charge is 0.408 e. The molecule has 3 amide bonds. The van der Waals surface area contributed by atoms with Crippen LogP contribution in [0, 0.1) is 5.92 Å². The topological polar surface area (TPSA) is 97.0 Å². The van der Waals surface area contributed by atoms with Gasteiger partial charge in [-0.2, -0.15) is 0 Å². The molecule has 3 atom stereocenters. The van der Waals surface area contributed by atoms with Gasteiger partial charge in [-0.15, -0.1) is 0 Å². The zero-order chi connectivity index (χ0) is 33.9.